The van der Waals surface area contributed by atoms with Crippen molar-refractivity contribution in [3.8, 4) is 5.88 Å². The van der Waals surface area contributed by atoms with Crippen molar-refractivity contribution in [1.82, 2.24) is 9.97 Å². The van der Waals surface area contributed by atoms with Gasteiger partial charge in [0.05, 0.1) is 17.0 Å². The quantitative estimate of drug-likeness (QED) is 0.216. The number of ether oxygens (including phenoxy) is 1. The van der Waals surface area contributed by atoms with Crippen molar-refractivity contribution < 1.29 is 4.74 Å². The summed E-state index contributed by atoms with van der Waals surface area (Å²) in [7, 11) is 0. The van der Waals surface area contributed by atoms with Crippen LogP contribution in [0.5, 0.6) is 5.88 Å². The van der Waals surface area contributed by atoms with Crippen LogP contribution in [0.15, 0.2) is 23.6 Å². The van der Waals surface area contributed by atoms with Crippen LogP contribution in [-0.2, 0) is 5.54 Å². The lowest BCUT2D eigenvalue weighted by Gasteiger charge is -2.27. The molecule has 2 rings (SSSR count). The third-order valence-corrected chi connectivity index (χ3v) is 6.36. The van der Waals surface area contributed by atoms with Gasteiger partial charge in [-0.3, -0.25) is 0 Å². The van der Waals surface area contributed by atoms with E-state index in [0.29, 0.717) is 17.5 Å². The molecule has 8 heteroatoms. The number of pyridine rings is 2. The molecule has 0 saturated carbocycles. The predicted octanol–water partition coefficient (Wildman–Crippen LogP) is 6.52. The van der Waals surface area contributed by atoms with Crippen LogP contribution < -0.4 is 4.74 Å². The fourth-order valence-corrected chi connectivity index (χ4v) is 3.59. The van der Waals surface area contributed by atoms with E-state index in [4.69, 9.17) is 21.9 Å². The molecule has 2 aromatic rings. The first-order valence-corrected chi connectivity index (χ1v) is 10.5. The summed E-state index contributed by atoms with van der Waals surface area (Å²) in [4.78, 5) is 11.8. The van der Waals surface area contributed by atoms with Crippen LogP contribution in [0.3, 0.4) is 0 Å². The monoisotopic (exact) mass is 407 g/mol. The molecule has 2 atom stereocenters. The van der Waals surface area contributed by atoms with Gasteiger partial charge in [-0.15, -0.1) is 0 Å². The highest BCUT2D eigenvalue weighted by Gasteiger charge is 2.28. The van der Waals surface area contributed by atoms with Gasteiger partial charge in [-0.1, -0.05) is 37.5 Å². The van der Waals surface area contributed by atoms with E-state index in [1.54, 1.807) is 18.5 Å². The minimum Gasteiger partial charge on any atom is -0.474 e. The number of thioether (sulfide) groups is 1. The van der Waals surface area contributed by atoms with Crippen LogP contribution in [-0.4, -0.2) is 27.1 Å². The Kier molecular flexibility index (Phi) is 6.84. The average molecular weight is 408 g/mol. The second-order valence-corrected chi connectivity index (χ2v) is 9.34. The van der Waals surface area contributed by atoms with Gasteiger partial charge in [-0.05, 0) is 55.5 Å². The van der Waals surface area contributed by atoms with Gasteiger partial charge in [0.1, 0.15) is 5.15 Å². The number of nitrogens with zero attached hydrogens (tertiary/aromatic N) is 5. The molecule has 1 unspecified atom stereocenters. The van der Waals surface area contributed by atoms with E-state index in [1.807, 2.05) is 32.5 Å². The molecule has 0 aliphatic rings. The number of hydrogen-bond acceptors (Lipinski definition) is 5. The summed E-state index contributed by atoms with van der Waals surface area (Å²) in [5.74, 6) is 0.515. The van der Waals surface area contributed by atoms with E-state index in [9.17, 15) is 0 Å². The molecule has 0 saturated heterocycles. The molecule has 0 aliphatic carbocycles. The van der Waals surface area contributed by atoms with Gasteiger partial charge in [0.25, 0.3) is 0 Å². The van der Waals surface area contributed by atoms with Crippen molar-refractivity contribution in [2.24, 2.45) is 5.11 Å². The topological polar surface area (TPSA) is 83.8 Å². The zero-order valence-corrected chi connectivity index (χ0v) is 18.2. The molecular weight excluding hydrogens is 382 g/mol. The molecule has 2 aromatic heterocycles. The Labute approximate surface area is 169 Å². The van der Waals surface area contributed by atoms with Crippen molar-refractivity contribution in [1.29, 1.82) is 0 Å². The first kappa shape index (κ1) is 21.6. The Hall–Kier alpha value is -1.69. The summed E-state index contributed by atoms with van der Waals surface area (Å²) in [6.07, 6.45) is 6.99. The number of hydrogen-bond donors (Lipinski definition) is 0. The fourth-order valence-electron chi connectivity index (χ4n) is 3.03. The summed E-state index contributed by atoms with van der Waals surface area (Å²) in [5.41, 5.74) is 9.08. The van der Waals surface area contributed by atoms with E-state index in [1.165, 1.54) is 0 Å². The van der Waals surface area contributed by atoms with Gasteiger partial charge in [0, 0.05) is 22.1 Å². The molecule has 0 aliphatic heterocycles. The Balaban J connectivity index is 2.53. The standard InChI is InChI=1S/C19H26ClN5OS/c1-7-19(5,24-25-21)15-11-23-17(14-10-22-16(20)8-13(14)15)26-12(2)9-18(3,4)27-6/h8,10-12H,7,9H2,1-6H3/t12?,19-/m1/s1. The number of azide groups is 1. The lowest BCUT2D eigenvalue weighted by Crippen LogP contribution is -2.25. The van der Waals surface area contributed by atoms with Crippen molar-refractivity contribution in [3.05, 3.63) is 39.6 Å². The van der Waals surface area contributed by atoms with Crippen LogP contribution in [0.4, 0.5) is 0 Å². The first-order chi connectivity index (χ1) is 12.7. The second kappa shape index (κ2) is 8.55. The molecule has 0 radical (unpaired) electrons. The lowest BCUT2D eigenvalue weighted by atomic mass is 9.88. The van der Waals surface area contributed by atoms with Crippen LogP contribution >= 0.6 is 23.4 Å². The number of aromatic nitrogens is 2. The molecule has 0 bridgehead atoms. The fraction of sp³-hybridized carbons (Fsp3) is 0.579. The maximum atomic E-state index is 9.00. The second-order valence-electron chi connectivity index (χ2n) is 7.44. The lowest BCUT2D eigenvalue weighted by molar-refractivity contribution is 0.194. The Morgan fingerprint density at radius 3 is 2.59 bits per heavy atom. The van der Waals surface area contributed by atoms with Crippen molar-refractivity contribution in [2.75, 3.05) is 6.26 Å². The highest BCUT2D eigenvalue weighted by Crippen LogP contribution is 2.38. The van der Waals surface area contributed by atoms with Gasteiger partial charge in [-0.2, -0.15) is 11.8 Å². The average Bonchev–Trinajstić information content (AvgIpc) is 2.61. The molecule has 0 amide bonds. The number of fused-ring (bicyclic) bond motifs is 1. The largest absolute Gasteiger partial charge is 0.474 e. The van der Waals surface area contributed by atoms with Crippen molar-refractivity contribution in [3.63, 3.8) is 0 Å². The smallest absolute Gasteiger partial charge is 0.223 e. The summed E-state index contributed by atoms with van der Waals surface area (Å²) < 4.78 is 6.27. The highest BCUT2D eigenvalue weighted by atomic mass is 35.5. The number of rotatable bonds is 8. The highest BCUT2D eigenvalue weighted by molar-refractivity contribution is 7.99. The predicted molar refractivity (Wildman–Crippen MR) is 114 cm³/mol. The Bertz CT molecular complexity index is 869. The van der Waals surface area contributed by atoms with Crippen LogP contribution in [0.1, 0.15) is 53.0 Å². The molecule has 0 spiro atoms. The van der Waals surface area contributed by atoms with Gasteiger partial charge < -0.3 is 4.74 Å². The van der Waals surface area contributed by atoms with Crippen LogP contribution in [0.25, 0.3) is 21.2 Å². The van der Waals surface area contributed by atoms with Crippen LogP contribution in [0.2, 0.25) is 5.15 Å². The minimum absolute atomic E-state index is 0.0145. The van der Waals surface area contributed by atoms with Gasteiger partial charge >= 0.3 is 0 Å². The van der Waals surface area contributed by atoms with Crippen LogP contribution in [0, 0.1) is 0 Å². The zero-order valence-electron chi connectivity index (χ0n) is 16.7. The molecule has 0 N–H and O–H groups in total. The van der Waals surface area contributed by atoms with E-state index in [-0.39, 0.29) is 10.9 Å². The third-order valence-electron chi connectivity index (χ3n) is 4.88. The van der Waals surface area contributed by atoms with E-state index < -0.39 is 5.54 Å². The molecule has 2 heterocycles. The first-order valence-electron chi connectivity index (χ1n) is 8.88. The van der Waals surface area contributed by atoms with Gasteiger partial charge in [-0.25, -0.2) is 9.97 Å². The summed E-state index contributed by atoms with van der Waals surface area (Å²) in [6, 6.07) is 1.78. The zero-order chi connectivity index (χ0) is 20.2. The molecule has 0 aromatic carbocycles. The summed E-state index contributed by atoms with van der Waals surface area (Å²) in [6.45, 7) is 10.3. The summed E-state index contributed by atoms with van der Waals surface area (Å²) in [5, 5.41) is 5.98. The molecular formula is C19H26ClN5OS. The minimum atomic E-state index is -0.727. The van der Waals surface area contributed by atoms with Gasteiger partial charge in [0.2, 0.25) is 5.88 Å². The Morgan fingerprint density at radius 1 is 1.30 bits per heavy atom. The van der Waals surface area contributed by atoms with Crippen molar-refractivity contribution in [2.45, 2.75) is 63.9 Å². The van der Waals surface area contributed by atoms with Crippen molar-refractivity contribution >= 4 is 34.1 Å². The maximum Gasteiger partial charge on any atom is 0.223 e. The number of halogens is 1. The normalized spacial score (nSPS) is 15.1. The van der Waals surface area contributed by atoms with E-state index in [0.717, 1.165) is 22.8 Å². The maximum absolute atomic E-state index is 9.00. The van der Waals surface area contributed by atoms with E-state index >= 15 is 0 Å². The molecule has 146 valence electrons. The molecule has 27 heavy (non-hydrogen) atoms. The third kappa shape index (κ3) is 4.98. The molecule has 0 fully saturated rings. The van der Waals surface area contributed by atoms with E-state index in [2.05, 4.69) is 40.1 Å². The Morgan fingerprint density at radius 2 is 2.00 bits per heavy atom. The SMILES string of the molecule is CC[C@@](C)(N=[N+]=[N-])c1cnc(OC(C)CC(C)(C)SC)c2cnc(Cl)cc12. The van der Waals surface area contributed by atoms with Gasteiger partial charge in [0.15, 0.2) is 0 Å². The summed E-state index contributed by atoms with van der Waals surface area (Å²) >= 11 is 7.96. The molecule has 6 nitrogen and oxygen atoms in total.